The third kappa shape index (κ3) is 5.05. The van der Waals surface area contributed by atoms with E-state index >= 15 is 0 Å². The minimum atomic E-state index is -4.68. The van der Waals surface area contributed by atoms with Gasteiger partial charge in [0, 0.05) is 74.5 Å². The van der Waals surface area contributed by atoms with Gasteiger partial charge in [0.2, 0.25) is 0 Å². The summed E-state index contributed by atoms with van der Waals surface area (Å²) in [5.74, 6) is -0.322. The van der Waals surface area contributed by atoms with Gasteiger partial charge in [-0.3, -0.25) is 9.78 Å². The van der Waals surface area contributed by atoms with Gasteiger partial charge in [0.15, 0.2) is 0 Å². The number of anilines is 2. The maximum absolute atomic E-state index is 13.1. The van der Waals surface area contributed by atoms with Crippen LogP contribution in [0.2, 0.25) is 0 Å². The van der Waals surface area contributed by atoms with Crippen LogP contribution in [-0.2, 0) is 20.0 Å². The first-order chi connectivity index (χ1) is 19.1. The summed E-state index contributed by atoms with van der Waals surface area (Å²) in [7, 11) is 1.93. The predicted molar refractivity (Wildman–Crippen MR) is 147 cm³/mol. The Labute approximate surface area is 230 Å². The van der Waals surface area contributed by atoms with Gasteiger partial charge in [-0.1, -0.05) is 19.1 Å². The van der Waals surface area contributed by atoms with Crippen molar-refractivity contribution in [2.45, 2.75) is 26.3 Å². The highest BCUT2D eigenvalue weighted by Gasteiger charge is 2.51. The van der Waals surface area contributed by atoms with Crippen molar-refractivity contribution in [3.63, 3.8) is 0 Å². The number of benzene rings is 2. The van der Waals surface area contributed by atoms with Crippen LogP contribution in [0, 0.1) is 5.41 Å². The topological polar surface area (TPSA) is 62.6 Å². The number of rotatable bonds is 7. The van der Waals surface area contributed by atoms with Gasteiger partial charge in [-0.25, -0.2) is 0 Å². The third-order valence-electron chi connectivity index (χ3n) is 7.75. The van der Waals surface area contributed by atoms with Crippen LogP contribution >= 0.6 is 0 Å². The highest BCUT2D eigenvalue weighted by Crippen LogP contribution is 2.44. The molecule has 2 saturated heterocycles. The molecule has 10 heteroatoms. The number of amides is 1. The maximum Gasteiger partial charge on any atom is 0.573 e. The quantitative estimate of drug-likeness (QED) is 0.342. The fraction of sp³-hybridized carbons (Fsp3) is 0.333. The van der Waals surface area contributed by atoms with Gasteiger partial charge in [0.25, 0.3) is 5.91 Å². The van der Waals surface area contributed by atoms with Gasteiger partial charge in [0.1, 0.15) is 5.75 Å². The fourth-order valence-electron chi connectivity index (χ4n) is 5.79. The van der Waals surface area contributed by atoms with Crippen LogP contribution in [0.15, 0.2) is 67.0 Å². The van der Waals surface area contributed by atoms with E-state index in [4.69, 9.17) is 0 Å². The largest absolute Gasteiger partial charge is 0.573 e. The molecular weight excluding hydrogens is 519 g/mol. The average molecular weight is 550 g/mol. The van der Waals surface area contributed by atoms with Crippen molar-refractivity contribution in [1.29, 1.82) is 0 Å². The van der Waals surface area contributed by atoms with Gasteiger partial charge < -0.3 is 24.4 Å². The van der Waals surface area contributed by atoms with E-state index in [2.05, 4.69) is 37.0 Å². The number of aromatic nitrogens is 2. The molecule has 1 amide bonds. The third-order valence-corrected chi connectivity index (χ3v) is 7.75. The number of hydrogen-bond acceptors (Lipinski definition) is 5. The molecule has 2 fully saturated rings. The van der Waals surface area contributed by atoms with E-state index in [1.54, 1.807) is 12.1 Å². The summed E-state index contributed by atoms with van der Waals surface area (Å²) >= 11 is 0. The lowest BCUT2D eigenvalue weighted by Gasteiger charge is -2.61. The van der Waals surface area contributed by atoms with E-state index in [1.807, 2.05) is 49.1 Å². The lowest BCUT2D eigenvalue weighted by atomic mass is 9.72. The summed E-state index contributed by atoms with van der Waals surface area (Å²) in [6.07, 6.45) is -0.126. The van der Waals surface area contributed by atoms with Crippen LogP contribution in [0.4, 0.5) is 24.5 Å². The number of alkyl halides is 3. The molecule has 1 N–H and O–H groups in total. The van der Waals surface area contributed by atoms with Crippen LogP contribution in [0.1, 0.15) is 28.5 Å². The molecule has 2 aromatic rings. The van der Waals surface area contributed by atoms with Crippen molar-refractivity contribution in [2.75, 3.05) is 36.0 Å². The molecule has 0 atom stereocenters. The molecule has 0 bridgehead atoms. The Morgan fingerprint density at radius 1 is 0.975 bits per heavy atom. The molecule has 2 aromatic carbocycles. The summed E-state index contributed by atoms with van der Waals surface area (Å²) < 4.78 is 43.0. The standard InChI is InChI=1S/C30H30F3N5O2/c1-3-25-27(24-15-36(2)13-12-26(24)35-25)28(39)34-14-20-4-6-21(7-5-20)37-16-29(17-37)18-38(19-29)22-8-10-23(11-9-22)40-30(31,32)33/h4-13,15H,3,14,16-19H2,1-2H3,(H,34,39). The summed E-state index contributed by atoms with van der Waals surface area (Å²) in [6, 6.07) is 16.2. The first-order valence-electron chi connectivity index (χ1n) is 13.3. The van der Waals surface area contributed by atoms with Crippen molar-refractivity contribution in [1.82, 2.24) is 14.9 Å². The second kappa shape index (κ2) is 9.76. The predicted octanol–water partition coefficient (Wildman–Crippen LogP) is 5.24. The van der Waals surface area contributed by atoms with Gasteiger partial charge in [-0.05, 0) is 54.4 Å². The van der Waals surface area contributed by atoms with Gasteiger partial charge in [-0.15, -0.1) is 13.2 Å². The molecule has 4 aliphatic heterocycles. The molecule has 0 radical (unpaired) electrons. The number of halogens is 3. The zero-order chi connectivity index (χ0) is 28.1. The van der Waals surface area contributed by atoms with E-state index in [1.165, 1.54) is 12.1 Å². The fourth-order valence-corrected chi connectivity index (χ4v) is 5.79. The Kier molecular flexibility index (Phi) is 6.35. The monoisotopic (exact) mass is 549 g/mol. The lowest BCUT2D eigenvalue weighted by molar-refractivity contribution is -0.274. The number of hydrogen-bond donors (Lipinski definition) is 1. The Hall–Kier alpha value is -4.21. The summed E-state index contributed by atoms with van der Waals surface area (Å²) in [6.45, 7) is 6.05. The molecule has 4 aliphatic rings. The maximum atomic E-state index is 13.1. The Bertz CT molecular complexity index is 1480. The first-order valence-corrected chi connectivity index (χ1v) is 13.3. The molecule has 0 aliphatic carbocycles. The molecule has 40 heavy (non-hydrogen) atoms. The number of nitrogens with one attached hydrogen (secondary N) is 1. The molecule has 6 rings (SSSR count). The van der Waals surface area contributed by atoms with Crippen molar-refractivity contribution >= 4 is 17.3 Å². The lowest BCUT2D eigenvalue weighted by Crippen LogP contribution is -2.72. The van der Waals surface area contributed by atoms with E-state index < -0.39 is 6.36 Å². The number of fused-ring (bicyclic) bond motifs is 1. The van der Waals surface area contributed by atoms with Crippen LogP contribution in [0.5, 0.6) is 5.75 Å². The van der Waals surface area contributed by atoms with Gasteiger partial charge >= 0.3 is 6.36 Å². The van der Waals surface area contributed by atoms with Crippen LogP contribution < -0.4 is 19.9 Å². The van der Waals surface area contributed by atoms with Crippen molar-refractivity contribution < 1.29 is 22.7 Å². The van der Waals surface area contributed by atoms with E-state index in [9.17, 15) is 18.0 Å². The average Bonchev–Trinajstić information content (AvgIpc) is 3.24. The molecule has 4 heterocycles. The molecule has 0 saturated carbocycles. The number of carbonyl (C=O) groups excluding carboxylic acids is 1. The Balaban J connectivity index is 1.00. The van der Waals surface area contributed by atoms with Crippen LogP contribution in [0.25, 0.3) is 11.3 Å². The van der Waals surface area contributed by atoms with Gasteiger partial charge in [0.05, 0.1) is 17.0 Å². The highest BCUT2D eigenvalue weighted by atomic mass is 19.4. The summed E-state index contributed by atoms with van der Waals surface area (Å²) in [4.78, 5) is 22.2. The number of aryl methyl sites for hydroxylation is 2. The SMILES string of the molecule is CCc1nc2ccn(C)cc-2c1C(=O)NCc1ccc(N2CC3(C2)CN(c2ccc(OC(F)(F)F)cc2)C3)cc1. The zero-order valence-electron chi connectivity index (χ0n) is 22.3. The molecule has 0 unspecified atom stereocenters. The Morgan fingerprint density at radius 3 is 2.15 bits per heavy atom. The van der Waals surface area contributed by atoms with Crippen LogP contribution in [-0.4, -0.2) is 48.0 Å². The molecule has 208 valence electrons. The zero-order valence-corrected chi connectivity index (χ0v) is 22.3. The first kappa shape index (κ1) is 26.0. The van der Waals surface area contributed by atoms with Crippen molar-refractivity contribution in [3.05, 3.63) is 83.8 Å². The minimum Gasteiger partial charge on any atom is -0.406 e. The molecule has 0 aromatic heterocycles. The molecular formula is C30H30F3N5O2. The number of ether oxygens (including phenoxy) is 1. The van der Waals surface area contributed by atoms with Crippen molar-refractivity contribution in [2.24, 2.45) is 12.5 Å². The number of nitrogens with zero attached hydrogens (tertiary/aromatic N) is 4. The van der Waals surface area contributed by atoms with E-state index in [0.717, 1.165) is 60.1 Å². The van der Waals surface area contributed by atoms with Crippen LogP contribution in [0.3, 0.4) is 0 Å². The van der Waals surface area contributed by atoms with E-state index in [-0.39, 0.29) is 17.1 Å². The minimum absolute atomic E-state index is 0.114. The summed E-state index contributed by atoms with van der Waals surface area (Å²) in [5.41, 5.74) is 6.42. The Morgan fingerprint density at radius 2 is 1.57 bits per heavy atom. The van der Waals surface area contributed by atoms with Gasteiger partial charge in [-0.2, -0.15) is 0 Å². The molecule has 1 spiro atoms. The smallest absolute Gasteiger partial charge is 0.406 e. The van der Waals surface area contributed by atoms with E-state index in [0.29, 0.717) is 18.5 Å². The normalized spacial score (nSPS) is 16.1. The van der Waals surface area contributed by atoms with Crippen molar-refractivity contribution in [3.8, 4) is 17.0 Å². The summed E-state index contributed by atoms with van der Waals surface area (Å²) in [5, 5.41) is 3.06. The highest BCUT2D eigenvalue weighted by molar-refractivity contribution is 6.02. The second-order valence-electron chi connectivity index (χ2n) is 10.8. The second-order valence-corrected chi connectivity index (χ2v) is 10.8. The molecule has 7 nitrogen and oxygen atoms in total. The number of carbonyl (C=O) groups is 1. The number of pyridine rings is 1.